The molecule has 1 heterocycles. The van der Waals surface area contributed by atoms with Crippen molar-refractivity contribution in [1.82, 2.24) is 0 Å². The minimum Gasteiger partial charge on any atom is -0.368 e. The van der Waals surface area contributed by atoms with Gasteiger partial charge in [-0.25, -0.2) is 0 Å². The van der Waals surface area contributed by atoms with E-state index >= 15 is 0 Å². The molecule has 1 saturated heterocycles. The number of ketones is 2. The van der Waals surface area contributed by atoms with Gasteiger partial charge in [0.25, 0.3) is 0 Å². The van der Waals surface area contributed by atoms with Crippen LogP contribution in [-0.4, -0.2) is 23.8 Å². The number of rotatable bonds is 0. The molecule has 3 fully saturated rings. The number of carbonyl (C=O) groups is 2. The van der Waals surface area contributed by atoms with Gasteiger partial charge < -0.3 is 4.74 Å². The number of epoxide rings is 1. The molecule has 0 aromatic heterocycles. The smallest absolute Gasteiger partial charge is 0.182 e. The van der Waals surface area contributed by atoms with Gasteiger partial charge in [-0.1, -0.05) is 0 Å². The molecule has 4 aliphatic carbocycles. The van der Waals surface area contributed by atoms with E-state index in [1.807, 2.05) is 0 Å². The normalized spacial score (nSPS) is 48.8. The van der Waals surface area contributed by atoms with Crippen molar-refractivity contribution in [2.24, 2.45) is 17.3 Å². The van der Waals surface area contributed by atoms with Gasteiger partial charge in [-0.15, -0.1) is 0 Å². The molecule has 4 atom stereocenters. The van der Waals surface area contributed by atoms with Crippen LogP contribution < -0.4 is 0 Å². The largest absolute Gasteiger partial charge is 0.368 e. The first-order valence-corrected chi connectivity index (χ1v) is 5.90. The molecular weight excluding hydrogens is 204 g/mol. The second kappa shape index (κ2) is 1.97. The summed E-state index contributed by atoms with van der Waals surface area (Å²) in [6.45, 7) is 0. The Morgan fingerprint density at radius 2 is 1.50 bits per heavy atom. The lowest BCUT2D eigenvalue weighted by molar-refractivity contribution is -0.115. The summed E-state index contributed by atoms with van der Waals surface area (Å²) < 4.78 is 5.63. The SMILES string of the molecule is O=C1C=CC(=O)C2=C1[C@@H]1[C@@H]3O[C@@H]3[C@H]2C12CC2. The number of allylic oxidation sites excluding steroid dienone is 2. The van der Waals surface area contributed by atoms with Gasteiger partial charge in [0.15, 0.2) is 11.6 Å². The fourth-order valence-electron chi connectivity index (χ4n) is 4.43. The summed E-state index contributed by atoms with van der Waals surface area (Å²) in [6.07, 6.45) is 5.74. The molecule has 16 heavy (non-hydrogen) atoms. The summed E-state index contributed by atoms with van der Waals surface area (Å²) in [7, 11) is 0. The average molecular weight is 214 g/mol. The molecule has 3 nitrogen and oxygen atoms in total. The Morgan fingerprint density at radius 1 is 1.00 bits per heavy atom. The maximum Gasteiger partial charge on any atom is 0.182 e. The molecule has 0 unspecified atom stereocenters. The van der Waals surface area contributed by atoms with Gasteiger partial charge >= 0.3 is 0 Å². The topological polar surface area (TPSA) is 46.7 Å². The van der Waals surface area contributed by atoms with Gasteiger partial charge in [0.1, 0.15) is 0 Å². The van der Waals surface area contributed by atoms with Crippen LogP contribution in [0.1, 0.15) is 12.8 Å². The average Bonchev–Trinajstić information content (AvgIpc) is 3.13. The third-order valence-electron chi connectivity index (χ3n) is 5.11. The van der Waals surface area contributed by atoms with Gasteiger partial charge in [0, 0.05) is 23.0 Å². The van der Waals surface area contributed by atoms with E-state index in [4.69, 9.17) is 4.74 Å². The third kappa shape index (κ3) is 0.591. The van der Waals surface area contributed by atoms with Gasteiger partial charge in [-0.05, 0) is 30.4 Å². The second-order valence-corrected chi connectivity index (χ2v) is 5.64. The van der Waals surface area contributed by atoms with E-state index in [-0.39, 0.29) is 41.0 Å². The van der Waals surface area contributed by atoms with Crippen molar-refractivity contribution >= 4 is 11.6 Å². The number of fused-ring (bicyclic) bond motifs is 5. The third-order valence-corrected chi connectivity index (χ3v) is 5.11. The zero-order valence-corrected chi connectivity index (χ0v) is 8.60. The molecule has 5 aliphatic rings. The highest BCUT2D eigenvalue weighted by atomic mass is 16.6. The number of hydrogen-bond acceptors (Lipinski definition) is 3. The maximum absolute atomic E-state index is 11.9. The first kappa shape index (κ1) is 7.96. The fourth-order valence-corrected chi connectivity index (χ4v) is 4.43. The van der Waals surface area contributed by atoms with Crippen molar-refractivity contribution in [1.29, 1.82) is 0 Å². The Bertz CT molecular complexity index is 493. The monoisotopic (exact) mass is 214 g/mol. The van der Waals surface area contributed by atoms with Crippen molar-refractivity contribution in [3.8, 4) is 0 Å². The van der Waals surface area contributed by atoms with Crippen molar-refractivity contribution in [3.63, 3.8) is 0 Å². The Balaban J connectivity index is 1.79. The van der Waals surface area contributed by atoms with Crippen LogP contribution >= 0.6 is 0 Å². The lowest BCUT2D eigenvalue weighted by Gasteiger charge is -2.18. The zero-order chi connectivity index (χ0) is 10.7. The van der Waals surface area contributed by atoms with E-state index < -0.39 is 0 Å². The van der Waals surface area contributed by atoms with Crippen LogP contribution in [0.2, 0.25) is 0 Å². The quantitative estimate of drug-likeness (QED) is 0.442. The summed E-state index contributed by atoms with van der Waals surface area (Å²) in [5.41, 5.74) is 1.89. The number of carbonyl (C=O) groups excluding carboxylic acids is 2. The molecule has 80 valence electrons. The van der Waals surface area contributed by atoms with Crippen LogP contribution in [0.3, 0.4) is 0 Å². The van der Waals surface area contributed by atoms with E-state index in [1.165, 1.54) is 25.0 Å². The van der Waals surface area contributed by atoms with Crippen LogP contribution in [0.25, 0.3) is 0 Å². The van der Waals surface area contributed by atoms with E-state index in [1.54, 1.807) is 0 Å². The molecule has 2 saturated carbocycles. The molecule has 0 N–H and O–H groups in total. The first-order chi connectivity index (χ1) is 7.74. The highest BCUT2D eigenvalue weighted by molar-refractivity contribution is 6.22. The lowest BCUT2D eigenvalue weighted by Crippen LogP contribution is -2.23. The van der Waals surface area contributed by atoms with Crippen molar-refractivity contribution in [2.45, 2.75) is 25.0 Å². The fraction of sp³-hybridized carbons (Fsp3) is 0.538. The molecule has 0 amide bonds. The van der Waals surface area contributed by atoms with E-state index in [9.17, 15) is 9.59 Å². The molecule has 0 radical (unpaired) electrons. The Morgan fingerprint density at radius 3 is 1.94 bits per heavy atom. The summed E-state index contributed by atoms with van der Waals surface area (Å²) in [5.74, 6) is 0.613. The first-order valence-electron chi connectivity index (χ1n) is 5.90. The second-order valence-electron chi connectivity index (χ2n) is 5.64. The van der Waals surface area contributed by atoms with Gasteiger partial charge in [0.2, 0.25) is 0 Å². The maximum atomic E-state index is 11.9. The molecular formula is C13H10O3. The van der Waals surface area contributed by atoms with Crippen LogP contribution in [0.5, 0.6) is 0 Å². The summed E-state index contributed by atoms with van der Waals surface area (Å²) in [4.78, 5) is 23.9. The summed E-state index contributed by atoms with van der Waals surface area (Å²) in [6, 6.07) is 0. The molecule has 0 aromatic carbocycles. The van der Waals surface area contributed by atoms with Crippen molar-refractivity contribution < 1.29 is 14.3 Å². The van der Waals surface area contributed by atoms with E-state index in [0.717, 1.165) is 11.1 Å². The molecule has 0 aromatic rings. The number of hydrogen-bond donors (Lipinski definition) is 0. The molecule has 1 spiro atoms. The molecule has 3 heteroatoms. The van der Waals surface area contributed by atoms with Crippen molar-refractivity contribution in [3.05, 3.63) is 23.3 Å². The predicted molar refractivity (Wildman–Crippen MR) is 53.5 cm³/mol. The van der Waals surface area contributed by atoms with E-state index in [0.29, 0.717) is 0 Å². The van der Waals surface area contributed by atoms with Crippen molar-refractivity contribution in [2.75, 3.05) is 0 Å². The Labute approximate surface area is 92.1 Å². The molecule has 1 aliphatic heterocycles. The van der Waals surface area contributed by atoms with Crippen LogP contribution in [0.4, 0.5) is 0 Å². The van der Waals surface area contributed by atoms with Gasteiger partial charge in [0.05, 0.1) is 12.2 Å². The summed E-state index contributed by atoms with van der Waals surface area (Å²) >= 11 is 0. The van der Waals surface area contributed by atoms with Gasteiger partial charge in [-0.2, -0.15) is 0 Å². The van der Waals surface area contributed by atoms with Crippen LogP contribution in [-0.2, 0) is 14.3 Å². The minimum atomic E-state index is 0.0577. The standard InChI is InChI=1S/C13H10O3/c14-5-1-2-6(15)8-7(5)9-11-12(16-11)10(8)13(9)3-4-13/h1-2,9-12H,3-4H2/t9-,10+,11+,12-. The van der Waals surface area contributed by atoms with Gasteiger partial charge in [-0.3, -0.25) is 9.59 Å². The zero-order valence-electron chi connectivity index (χ0n) is 8.60. The summed E-state index contributed by atoms with van der Waals surface area (Å²) in [5, 5.41) is 0. The van der Waals surface area contributed by atoms with E-state index in [2.05, 4.69) is 0 Å². The highest BCUT2D eigenvalue weighted by Crippen LogP contribution is 2.78. The predicted octanol–water partition coefficient (Wildman–Crippen LogP) is 0.798. The molecule has 5 rings (SSSR count). The molecule has 2 bridgehead atoms. The Kier molecular flexibility index (Phi) is 0.981. The number of ether oxygens (including phenoxy) is 1. The lowest BCUT2D eigenvalue weighted by atomic mass is 9.84. The minimum absolute atomic E-state index is 0.0577. The van der Waals surface area contributed by atoms with Crippen LogP contribution in [0, 0.1) is 17.3 Å². The Hall–Kier alpha value is -1.22. The van der Waals surface area contributed by atoms with Crippen LogP contribution in [0.15, 0.2) is 23.3 Å². The highest BCUT2D eigenvalue weighted by Gasteiger charge is 2.79.